The molecule has 0 radical (unpaired) electrons. The first kappa shape index (κ1) is 22.1. The summed E-state index contributed by atoms with van der Waals surface area (Å²) >= 11 is 0. The molecule has 0 bridgehead atoms. The lowest BCUT2D eigenvalue weighted by molar-refractivity contribution is -0.189. The number of nitrogens with one attached hydrogen (secondary N) is 2. The van der Waals surface area contributed by atoms with Gasteiger partial charge in [0.15, 0.2) is 6.10 Å². The zero-order valence-corrected chi connectivity index (χ0v) is 16.1. The number of halogens is 3. The van der Waals surface area contributed by atoms with E-state index in [1.165, 1.54) is 24.4 Å². The average Bonchev–Trinajstić information content (AvgIpc) is 2.65. The predicted octanol–water partition coefficient (Wildman–Crippen LogP) is 3.39. The second-order valence-corrected chi connectivity index (χ2v) is 6.27. The van der Waals surface area contributed by atoms with Crippen LogP contribution >= 0.6 is 0 Å². The molecule has 2 N–H and O–H groups in total. The average molecular weight is 410 g/mol. The summed E-state index contributed by atoms with van der Waals surface area (Å²) in [6.07, 6.45) is -4.85. The van der Waals surface area contributed by atoms with Gasteiger partial charge in [0.1, 0.15) is 5.82 Å². The Morgan fingerprint density at radius 2 is 1.97 bits per heavy atom. The van der Waals surface area contributed by atoms with E-state index in [0.29, 0.717) is 16.8 Å². The van der Waals surface area contributed by atoms with Gasteiger partial charge in [-0.25, -0.2) is 9.97 Å². The molecule has 29 heavy (non-hydrogen) atoms. The SMILES string of the molecule is CCC(=O)Nc1cc(C(=O)NCc2ccc(O[C@H](C)C(F)(F)F)nc2)cc(C)n1. The highest BCUT2D eigenvalue weighted by Gasteiger charge is 2.38. The van der Waals surface area contributed by atoms with Crippen molar-refractivity contribution in [1.29, 1.82) is 0 Å². The van der Waals surface area contributed by atoms with Gasteiger partial charge in [0, 0.05) is 36.5 Å². The largest absolute Gasteiger partial charge is 0.465 e. The number of aromatic nitrogens is 2. The fourth-order valence-electron chi connectivity index (χ4n) is 2.21. The lowest BCUT2D eigenvalue weighted by atomic mass is 10.2. The molecule has 0 spiro atoms. The van der Waals surface area contributed by atoms with E-state index in [-0.39, 0.29) is 30.6 Å². The number of aryl methyl sites for hydroxylation is 1. The molecular weight excluding hydrogens is 389 g/mol. The molecule has 2 amide bonds. The first-order chi connectivity index (χ1) is 13.6. The van der Waals surface area contributed by atoms with Gasteiger partial charge in [0.2, 0.25) is 11.8 Å². The van der Waals surface area contributed by atoms with Crippen molar-refractivity contribution in [3.05, 3.63) is 47.3 Å². The van der Waals surface area contributed by atoms with Crippen LogP contribution in [0.5, 0.6) is 5.88 Å². The number of amides is 2. The quantitative estimate of drug-likeness (QED) is 0.730. The van der Waals surface area contributed by atoms with Gasteiger partial charge in [-0.2, -0.15) is 13.2 Å². The molecule has 156 valence electrons. The van der Waals surface area contributed by atoms with Crippen LogP contribution in [0.15, 0.2) is 30.5 Å². The molecule has 0 aliphatic carbocycles. The highest BCUT2D eigenvalue weighted by atomic mass is 19.4. The predicted molar refractivity (Wildman–Crippen MR) is 99.4 cm³/mol. The Morgan fingerprint density at radius 1 is 1.24 bits per heavy atom. The van der Waals surface area contributed by atoms with E-state index in [9.17, 15) is 22.8 Å². The van der Waals surface area contributed by atoms with Crippen LogP contribution < -0.4 is 15.4 Å². The maximum absolute atomic E-state index is 12.5. The van der Waals surface area contributed by atoms with E-state index in [1.807, 2.05) is 0 Å². The van der Waals surface area contributed by atoms with Crippen molar-refractivity contribution < 1.29 is 27.5 Å². The van der Waals surface area contributed by atoms with Gasteiger partial charge < -0.3 is 15.4 Å². The Balaban J connectivity index is 1.98. The fourth-order valence-corrected chi connectivity index (χ4v) is 2.21. The number of rotatable bonds is 7. The van der Waals surface area contributed by atoms with Gasteiger partial charge in [-0.05, 0) is 31.5 Å². The number of nitrogens with zero attached hydrogens (tertiary/aromatic N) is 2. The summed E-state index contributed by atoms with van der Waals surface area (Å²) in [7, 11) is 0. The molecule has 2 aromatic heterocycles. The Bertz CT molecular complexity index is 870. The minimum Gasteiger partial charge on any atom is -0.465 e. The third-order valence-electron chi connectivity index (χ3n) is 3.81. The molecule has 2 rings (SSSR count). The van der Waals surface area contributed by atoms with Gasteiger partial charge in [-0.15, -0.1) is 0 Å². The van der Waals surface area contributed by atoms with Gasteiger partial charge in [-0.1, -0.05) is 13.0 Å². The molecule has 0 fully saturated rings. The molecule has 1 atom stereocenters. The minimum absolute atomic E-state index is 0.110. The zero-order chi connectivity index (χ0) is 21.6. The summed E-state index contributed by atoms with van der Waals surface area (Å²) in [5.74, 6) is -0.494. The molecule has 2 heterocycles. The number of pyridine rings is 2. The second kappa shape index (κ2) is 9.35. The van der Waals surface area contributed by atoms with Crippen LogP contribution in [0.3, 0.4) is 0 Å². The number of carbonyl (C=O) groups excluding carboxylic acids is 2. The first-order valence-electron chi connectivity index (χ1n) is 8.83. The molecule has 0 aliphatic rings. The van der Waals surface area contributed by atoms with Crippen molar-refractivity contribution in [3.63, 3.8) is 0 Å². The highest BCUT2D eigenvalue weighted by molar-refractivity contribution is 5.96. The monoisotopic (exact) mass is 410 g/mol. The van der Waals surface area contributed by atoms with Crippen molar-refractivity contribution in [2.45, 2.75) is 46.0 Å². The van der Waals surface area contributed by atoms with Gasteiger partial charge >= 0.3 is 6.18 Å². The Hall–Kier alpha value is -3.17. The smallest absolute Gasteiger partial charge is 0.425 e. The molecular formula is C19H21F3N4O3. The van der Waals surface area contributed by atoms with Crippen molar-refractivity contribution in [2.24, 2.45) is 0 Å². The molecule has 0 aromatic carbocycles. The fraction of sp³-hybridized carbons (Fsp3) is 0.368. The molecule has 2 aromatic rings. The highest BCUT2D eigenvalue weighted by Crippen LogP contribution is 2.23. The van der Waals surface area contributed by atoms with E-state index >= 15 is 0 Å². The van der Waals surface area contributed by atoms with Crippen LogP contribution in [-0.4, -0.2) is 34.1 Å². The summed E-state index contributed by atoms with van der Waals surface area (Å²) in [4.78, 5) is 31.9. The van der Waals surface area contributed by atoms with Gasteiger partial charge in [-0.3, -0.25) is 9.59 Å². The normalized spacial score (nSPS) is 12.2. The van der Waals surface area contributed by atoms with Crippen molar-refractivity contribution in [1.82, 2.24) is 15.3 Å². The standard InChI is InChI=1S/C19H21F3N4O3/c1-4-16(27)26-15-8-14(7-11(2)25-15)18(28)24-10-13-5-6-17(23-9-13)29-12(3)19(20,21)22/h5-9,12H,4,10H2,1-3H3,(H,24,28)(H,25,26,27)/t12-/m1/s1. The van der Waals surface area contributed by atoms with Gasteiger partial charge in [0.25, 0.3) is 5.91 Å². The number of ether oxygens (including phenoxy) is 1. The third-order valence-corrected chi connectivity index (χ3v) is 3.81. The van der Waals surface area contributed by atoms with Crippen molar-refractivity contribution in [3.8, 4) is 5.88 Å². The summed E-state index contributed by atoms with van der Waals surface area (Å²) < 4.78 is 42.2. The Kier molecular flexibility index (Phi) is 7.13. The van der Waals surface area contributed by atoms with E-state index in [1.54, 1.807) is 19.9 Å². The van der Waals surface area contributed by atoms with Crippen molar-refractivity contribution >= 4 is 17.6 Å². The maximum atomic E-state index is 12.5. The molecule has 0 unspecified atom stereocenters. The summed E-state index contributed by atoms with van der Waals surface area (Å²) in [6.45, 7) is 4.40. The van der Waals surface area contributed by atoms with Crippen molar-refractivity contribution in [2.75, 3.05) is 5.32 Å². The zero-order valence-electron chi connectivity index (χ0n) is 16.1. The Morgan fingerprint density at radius 3 is 2.55 bits per heavy atom. The number of hydrogen-bond donors (Lipinski definition) is 2. The van der Waals surface area contributed by atoms with Crippen LogP contribution in [0, 0.1) is 6.92 Å². The van der Waals surface area contributed by atoms with Crippen LogP contribution in [0.1, 0.15) is 41.9 Å². The first-order valence-corrected chi connectivity index (χ1v) is 8.83. The molecule has 10 heteroatoms. The molecule has 0 saturated carbocycles. The number of alkyl halides is 3. The topological polar surface area (TPSA) is 93.2 Å². The van der Waals surface area contributed by atoms with E-state index in [0.717, 1.165) is 6.92 Å². The number of anilines is 1. The van der Waals surface area contributed by atoms with Gasteiger partial charge in [0.05, 0.1) is 0 Å². The minimum atomic E-state index is -4.48. The second-order valence-electron chi connectivity index (χ2n) is 6.27. The number of hydrogen-bond acceptors (Lipinski definition) is 5. The summed E-state index contributed by atoms with van der Waals surface area (Å²) in [5, 5.41) is 5.28. The maximum Gasteiger partial charge on any atom is 0.425 e. The van der Waals surface area contributed by atoms with E-state index in [2.05, 4.69) is 20.6 Å². The van der Waals surface area contributed by atoms with Crippen LogP contribution in [0.2, 0.25) is 0 Å². The Labute approximate surface area is 165 Å². The number of carbonyl (C=O) groups is 2. The lowest BCUT2D eigenvalue weighted by Crippen LogP contribution is -2.31. The molecule has 7 nitrogen and oxygen atoms in total. The van der Waals surface area contributed by atoms with Crippen LogP contribution in [0.25, 0.3) is 0 Å². The molecule has 0 aliphatic heterocycles. The summed E-state index contributed by atoms with van der Waals surface area (Å²) in [6, 6.07) is 5.85. The van der Waals surface area contributed by atoms with E-state index in [4.69, 9.17) is 4.74 Å². The van der Waals surface area contributed by atoms with Crippen LogP contribution in [0.4, 0.5) is 19.0 Å². The van der Waals surface area contributed by atoms with E-state index < -0.39 is 18.2 Å². The van der Waals surface area contributed by atoms with Crippen LogP contribution in [-0.2, 0) is 11.3 Å². The summed E-state index contributed by atoms with van der Waals surface area (Å²) in [5.41, 5.74) is 1.46. The molecule has 0 saturated heterocycles. The lowest BCUT2D eigenvalue weighted by Gasteiger charge is -2.16. The third kappa shape index (κ3) is 6.74.